The van der Waals surface area contributed by atoms with Crippen molar-refractivity contribution in [2.75, 3.05) is 12.0 Å². The van der Waals surface area contributed by atoms with Crippen molar-refractivity contribution >= 4 is 49.7 Å². The molecule has 0 aliphatic carbocycles. The third-order valence-electron chi connectivity index (χ3n) is 5.35. The first-order valence-electron chi connectivity index (χ1n) is 9.99. The number of hydrogen-bond acceptors (Lipinski definition) is 9. The summed E-state index contributed by atoms with van der Waals surface area (Å²) in [6.07, 6.45) is 3.19. The van der Waals surface area contributed by atoms with E-state index in [0.717, 1.165) is 9.71 Å². The lowest BCUT2D eigenvalue weighted by Gasteiger charge is -2.24. The molecule has 0 radical (unpaired) electrons. The quantitative estimate of drug-likeness (QED) is 0.419. The summed E-state index contributed by atoms with van der Waals surface area (Å²) >= 11 is 2.52. The average molecular weight is 479 g/mol. The maximum atomic E-state index is 13.6. The molecule has 33 heavy (non-hydrogen) atoms. The van der Waals surface area contributed by atoms with Gasteiger partial charge in [0.2, 0.25) is 5.78 Å². The second-order valence-corrected chi connectivity index (χ2v) is 9.65. The van der Waals surface area contributed by atoms with E-state index in [4.69, 9.17) is 4.74 Å². The van der Waals surface area contributed by atoms with E-state index in [1.807, 2.05) is 13.0 Å². The van der Waals surface area contributed by atoms with Crippen LogP contribution in [0.2, 0.25) is 0 Å². The van der Waals surface area contributed by atoms with Crippen molar-refractivity contribution in [3.63, 3.8) is 0 Å². The zero-order valence-corrected chi connectivity index (χ0v) is 19.5. The standard InChI is InChI=1S/C23H18N4O4S2/c1-11-21(32-12(2)25-11)19(28)17-18(13-5-4-8-24-10-13)27(22(30)20(17)29)23-26-15-7-6-14(31-3)9-16(15)33-23/h4-10,18,29H,1-3H3. The van der Waals surface area contributed by atoms with Crippen LogP contribution in [0.5, 0.6) is 5.75 Å². The normalized spacial score (nSPS) is 16.2. The molecule has 0 spiro atoms. The molecule has 1 aliphatic heterocycles. The topological polar surface area (TPSA) is 106 Å². The third kappa shape index (κ3) is 3.47. The number of Topliss-reactive ketones (excluding diaryl/α,β-unsaturated/α-hetero) is 1. The molecule has 0 bridgehead atoms. The van der Waals surface area contributed by atoms with Gasteiger partial charge in [-0.2, -0.15) is 0 Å². The summed E-state index contributed by atoms with van der Waals surface area (Å²) in [6.45, 7) is 3.55. The molecule has 4 heterocycles. The van der Waals surface area contributed by atoms with E-state index in [9.17, 15) is 14.7 Å². The van der Waals surface area contributed by atoms with E-state index in [1.165, 1.54) is 27.6 Å². The molecule has 0 fully saturated rings. The van der Waals surface area contributed by atoms with E-state index in [0.29, 0.717) is 32.5 Å². The number of carbonyl (C=O) groups excluding carboxylic acids is 2. The number of amides is 1. The van der Waals surface area contributed by atoms with Crippen LogP contribution in [0.25, 0.3) is 10.2 Å². The highest BCUT2D eigenvalue weighted by atomic mass is 32.1. The molecule has 8 nitrogen and oxygen atoms in total. The Morgan fingerprint density at radius 1 is 1.18 bits per heavy atom. The molecule has 1 aromatic carbocycles. The third-order valence-corrected chi connectivity index (χ3v) is 7.44. The van der Waals surface area contributed by atoms with E-state index >= 15 is 0 Å². The first kappa shape index (κ1) is 21.2. The molecule has 1 amide bonds. The first-order chi connectivity index (χ1) is 15.9. The van der Waals surface area contributed by atoms with Gasteiger partial charge in [-0.3, -0.25) is 19.5 Å². The number of benzene rings is 1. The Balaban J connectivity index is 1.67. The number of ether oxygens (including phenoxy) is 1. The summed E-state index contributed by atoms with van der Waals surface area (Å²) in [5.41, 5.74) is 1.83. The minimum Gasteiger partial charge on any atom is -0.503 e. The lowest BCUT2D eigenvalue weighted by Crippen LogP contribution is -2.31. The van der Waals surface area contributed by atoms with Crippen LogP contribution in [-0.4, -0.2) is 38.9 Å². The van der Waals surface area contributed by atoms with Crippen LogP contribution in [0.3, 0.4) is 0 Å². The van der Waals surface area contributed by atoms with Gasteiger partial charge in [-0.15, -0.1) is 11.3 Å². The van der Waals surface area contributed by atoms with Gasteiger partial charge < -0.3 is 9.84 Å². The maximum absolute atomic E-state index is 13.6. The van der Waals surface area contributed by atoms with Gasteiger partial charge in [-0.1, -0.05) is 17.4 Å². The van der Waals surface area contributed by atoms with E-state index in [2.05, 4.69) is 15.0 Å². The molecule has 1 unspecified atom stereocenters. The highest BCUT2D eigenvalue weighted by molar-refractivity contribution is 7.22. The number of anilines is 1. The molecule has 4 aromatic rings. The summed E-state index contributed by atoms with van der Waals surface area (Å²) in [5.74, 6) is -1.03. The number of aliphatic hydroxyl groups excluding tert-OH is 1. The predicted molar refractivity (Wildman–Crippen MR) is 126 cm³/mol. The van der Waals surface area contributed by atoms with Crippen molar-refractivity contribution in [3.8, 4) is 5.75 Å². The maximum Gasteiger partial charge on any atom is 0.296 e. The summed E-state index contributed by atoms with van der Waals surface area (Å²) < 4.78 is 6.10. The molecule has 0 saturated heterocycles. The van der Waals surface area contributed by atoms with Gasteiger partial charge in [0.15, 0.2) is 10.9 Å². The van der Waals surface area contributed by atoms with Crippen molar-refractivity contribution in [2.24, 2.45) is 0 Å². The zero-order valence-electron chi connectivity index (χ0n) is 17.9. The first-order valence-corrected chi connectivity index (χ1v) is 11.6. The lowest BCUT2D eigenvalue weighted by molar-refractivity contribution is -0.117. The molecule has 1 atom stereocenters. The molecular formula is C23H18N4O4S2. The Kier molecular flexibility index (Phi) is 5.18. The number of thiazole rings is 2. The van der Waals surface area contributed by atoms with Crippen LogP contribution in [-0.2, 0) is 4.79 Å². The van der Waals surface area contributed by atoms with E-state index in [-0.39, 0.29) is 5.57 Å². The van der Waals surface area contributed by atoms with Gasteiger partial charge in [-0.25, -0.2) is 9.97 Å². The molecular weight excluding hydrogens is 460 g/mol. The molecule has 166 valence electrons. The Labute approximate surface area is 196 Å². The minimum atomic E-state index is -0.872. The van der Waals surface area contributed by atoms with E-state index < -0.39 is 23.5 Å². The minimum absolute atomic E-state index is 0.00316. The van der Waals surface area contributed by atoms with Gasteiger partial charge in [0, 0.05) is 12.4 Å². The van der Waals surface area contributed by atoms with Crippen molar-refractivity contribution in [2.45, 2.75) is 19.9 Å². The van der Waals surface area contributed by atoms with Crippen LogP contribution in [0.4, 0.5) is 5.13 Å². The number of hydrogen-bond donors (Lipinski definition) is 1. The molecule has 0 saturated carbocycles. The van der Waals surface area contributed by atoms with Crippen LogP contribution in [0.1, 0.15) is 32.0 Å². The number of nitrogens with zero attached hydrogens (tertiary/aromatic N) is 4. The summed E-state index contributed by atoms with van der Waals surface area (Å²) in [6, 6.07) is 8.04. The largest absolute Gasteiger partial charge is 0.503 e. The number of methoxy groups -OCH3 is 1. The Morgan fingerprint density at radius 3 is 2.67 bits per heavy atom. The number of aromatic nitrogens is 3. The van der Waals surface area contributed by atoms with Gasteiger partial charge in [0.1, 0.15) is 5.75 Å². The van der Waals surface area contributed by atoms with Crippen molar-refractivity contribution < 1.29 is 19.4 Å². The molecule has 3 aromatic heterocycles. The van der Waals surface area contributed by atoms with Gasteiger partial charge in [0.25, 0.3) is 5.91 Å². The second-order valence-electron chi connectivity index (χ2n) is 7.43. The fourth-order valence-corrected chi connectivity index (χ4v) is 5.77. The van der Waals surface area contributed by atoms with Crippen molar-refractivity contribution in [1.29, 1.82) is 0 Å². The highest BCUT2D eigenvalue weighted by Gasteiger charge is 2.46. The van der Waals surface area contributed by atoms with Crippen LogP contribution in [0, 0.1) is 13.8 Å². The zero-order chi connectivity index (χ0) is 23.3. The summed E-state index contributed by atoms with van der Waals surface area (Å²) in [4.78, 5) is 41.7. The van der Waals surface area contributed by atoms with Crippen LogP contribution < -0.4 is 9.64 Å². The highest BCUT2D eigenvalue weighted by Crippen LogP contribution is 2.44. The van der Waals surface area contributed by atoms with Gasteiger partial charge in [0.05, 0.1) is 44.5 Å². The van der Waals surface area contributed by atoms with Crippen LogP contribution in [0.15, 0.2) is 54.1 Å². The number of ketones is 1. The number of rotatable bonds is 5. The smallest absolute Gasteiger partial charge is 0.296 e. The van der Waals surface area contributed by atoms with Crippen LogP contribution >= 0.6 is 22.7 Å². The monoisotopic (exact) mass is 478 g/mol. The number of aryl methyl sites for hydroxylation is 2. The van der Waals surface area contributed by atoms with Gasteiger partial charge in [-0.05, 0) is 43.7 Å². The van der Waals surface area contributed by atoms with Gasteiger partial charge >= 0.3 is 0 Å². The Bertz CT molecular complexity index is 1440. The Hall–Kier alpha value is -3.63. The molecule has 1 aliphatic rings. The average Bonchev–Trinajstić information content (AvgIpc) is 3.46. The fraction of sp³-hybridized carbons (Fsp3) is 0.174. The number of pyridine rings is 1. The van der Waals surface area contributed by atoms with Crippen molar-refractivity contribution in [3.05, 3.63) is 75.2 Å². The Morgan fingerprint density at radius 2 is 2.00 bits per heavy atom. The van der Waals surface area contributed by atoms with Crippen molar-refractivity contribution in [1.82, 2.24) is 15.0 Å². The second kappa shape index (κ2) is 8.05. The lowest BCUT2D eigenvalue weighted by atomic mass is 9.96. The summed E-state index contributed by atoms with van der Waals surface area (Å²) in [5, 5.41) is 12.0. The molecule has 10 heteroatoms. The van der Waals surface area contributed by atoms with E-state index in [1.54, 1.807) is 50.7 Å². The molecule has 5 rings (SSSR count). The summed E-state index contributed by atoms with van der Waals surface area (Å²) in [7, 11) is 1.58. The SMILES string of the molecule is COc1ccc2nc(N3C(=O)C(O)=C(C(=O)c4sc(C)nc4C)C3c3cccnc3)sc2c1. The predicted octanol–water partition coefficient (Wildman–Crippen LogP) is 4.56. The fourth-order valence-electron chi connectivity index (χ4n) is 3.87. The number of carbonyl (C=O) groups is 2. The molecule has 1 N–H and O–H groups in total. The number of fused-ring (bicyclic) bond motifs is 1. The number of aliphatic hydroxyl groups is 1.